The molecule has 0 aliphatic rings. The third kappa shape index (κ3) is 4.07. The van der Waals surface area contributed by atoms with Crippen LogP contribution in [0.4, 0.5) is 0 Å². The zero-order valence-corrected chi connectivity index (χ0v) is 9.02. The summed E-state index contributed by atoms with van der Waals surface area (Å²) in [5, 5.41) is 12.8. The second-order valence-electron chi connectivity index (χ2n) is 4.23. The van der Waals surface area contributed by atoms with Gasteiger partial charge < -0.3 is 10.4 Å². The third-order valence-corrected chi connectivity index (χ3v) is 2.38. The van der Waals surface area contributed by atoms with Gasteiger partial charge in [0.15, 0.2) is 0 Å². The summed E-state index contributed by atoms with van der Waals surface area (Å²) in [6.45, 7) is 10.2. The molecule has 12 heavy (non-hydrogen) atoms. The summed E-state index contributed by atoms with van der Waals surface area (Å²) in [6, 6.07) is 0.486. The molecule has 0 heterocycles. The lowest BCUT2D eigenvalue weighted by Gasteiger charge is -2.32. The Hall–Kier alpha value is -0.0800. The van der Waals surface area contributed by atoms with Gasteiger partial charge in [0.05, 0.1) is 6.10 Å². The van der Waals surface area contributed by atoms with E-state index in [1.807, 2.05) is 20.8 Å². The van der Waals surface area contributed by atoms with Crippen molar-refractivity contribution in [3.8, 4) is 0 Å². The molecule has 0 radical (unpaired) electrons. The third-order valence-electron chi connectivity index (χ3n) is 2.38. The van der Waals surface area contributed by atoms with Gasteiger partial charge in [-0.2, -0.15) is 0 Å². The molecule has 0 amide bonds. The molecular formula is C10H23NO. The van der Waals surface area contributed by atoms with Gasteiger partial charge in [0.25, 0.3) is 0 Å². The molecule has 2 nitrogen and oxygen atoms in total. The zero-order valence-electron chi connectivity index (χ0n) is 9.02. The van der Waals surface area contributed by atoms with E-state index in [0.29, 0.717) is 6.04 Å². The Morgan fingerprint density at radius 2 is 1.83 bits per heavy atom. The Kier molecular flexibility index (Phi) is 4.80. The lowest BCUT2D eigenvalue weighted by Crippen LogP contribution is -2.51. The van der Waals surface area contributed by atoms with Crippen LogP contribution in [-0.2, 0) is 0 Å². The highest BCUT2D eigenvalue weighted by Gasteiger charge is 2.24. The fourth-order valence-electron chi connectivity index (χ4n) is 1.26. The number of hydrogen-bond acceptors (Lipinski definition) is 2. The summed E-state index contributed by atoms with van der Waals surface area (Å²) in [7, 11) is 0. The Labute approximate surface area is 76.4 Å². The first kappa shape index (κ1) is 11.9. The van der Waals surface area contributed by atoms with E-state index in [1.54, 1.807) is 0 Å². The van der Waals surface area contributed by atoms with E-state index in [1.165, 1.54) is 6.42 Å². The van der Waals surface area contributed by atoms with Crippen molar-refractivity contribution in [3.63, 3.8) is 0 Å². The number of rotatable bonds is 5. The highest BCUT2D eigenvalue weighted by atomic mass is 16.3. The molecule has 0 aromatic heterocycles. The normalized spacial score (nSPS) is 17.5. The summed E-state index contributed by atoms with van der Waals surface area (Å²) < 4.78 is 0. The van der Waals surface area contributed by atoms with Crippen LogP contribution in [0.2, 0.25) is 0 Å². The van der Waals surface area contributed by atoms with Gasteiger partial charge in [-0.15, -0.1) is 0 Å². The minimum absolute atomic E-state index is 0.172. The van der Waals surface area contributed by atoms with Gasteiger partial charge in [-0.05, 0) is 34.1 Å². The monoisotopic (exact) mass is 173 g/mol. The summed E-state index contributed by atoms with van der Waals surface area (Å²) in [4.78, 5) is 0. The van der Waals surface area contributed by atoms with Crippen LogP contribution < -0.4 is 5.32 Å². The standard InChI is InChI=1S/C10H23NO/c1-6-7-8(2)11-10(4,5)9(3)12/h8-9,11-12H,6-7H2,1-5H3. The van der Waals surface area contributed by atoms with Crippen LogP contribution in [0.3, 0.4) is 0 Å². The fourth-order valence-corrected chi connectivity index (χ4v) is 1.26. The molecule has 0 aromatic carbocycles. The molecule has 2 heteroatoms. The van der Waals surface area contributed by atoms with E-state index >= 15 is 0 Å². The summed E-state index contributed by atoms with van der Waals surface area (Å²) in [6.07, 6.45) is 2.04. The first-order valence-electron chi connectivity index (χ1n) is 4.86. The van der Waals surface area contributed by atoms with E-state index in [2.05, 4.69) is 19.2 Å². The lowest BCUT2D eigenvalue weighted by atomic mass is 9.97. The van der Waals surface area contributed by atoms with Gasteiger partial charge >= 0.3 is 0 Å². The Balaban J connectivity index is 3.88. The molecule has 2 atom stereocenters. The van der Waals surface area contributed by atoms with E-state index < -0.39 is 0 Å². The van der Waals surface area contributed by atoms with Crippen molar-refractivity contribution in [1.29, 1.82) is 0 Å². The van der Waals surface area contributed by atoms with Crippen molar-refractivity contribution in [3.05, 3.63) is 0 Å². The van der Waals surface area contributed by atoms with Gasteiger partial charge in [-0.3, -0.25) is 0 Å². The maximum Gasteiger partial charge on any atom is 0.0688 e. The van der Waals surface area contributed by atoms with Crippen LogP contribution >= 0.6 is 0 Å². The number of aliphatic hydroxyl groups excluding tert-OH is 1. The maximum atomic E-state index is 9.43. The smallest absolute Gasteiger partial charge is 0.0688 e. The van der Waals surface area contributed by atoms with Crippen LogP contribution in [0.25, 0.3) is 0 Å². The number of nitrogens with one attached hydrogen (secondary N) is 1. The van der Waals surface area contributed by atoms with E-state index in [4.69, 9.17) is 0 Å². The molecule has 2 unspecified atom stereocenters. The van der Waals surface area contributed by atoms with E-state index in [0.717, 1.165) is 6.42 Å². The molecule has 0 aliphatic carbocycles. The minimum atomic E-state index is -0.309. The van der Waals surface area contributed by atoms with Gasteiger partial charge in [-0.25, -0.2) is 0 Å². The van der Waals surface area contributed by atoms with Gasteiger partial charge in [0.2, 0.25) is 0 Å². The molecule has 0 rings (SSSR count). The van der Waals surface area contributed by atoms with Gasteiger partial charge in [-0.1, -0.05) is 13.3 Å². The van der Waals surface area contributed by atoms with Crippen LogP contribution in [0, 0.1) is 0 Å². The molecule has 0 spiro atoms. The first-order chi connectivity index (χ1) is 5.40. The van der Waals surface area contributed by atoms with Crippen LogP contribution in [0.5, 0.6) is 0 Å². The fraction of sp³-hybridized carbons (Fsp3) is 1.00. The van der Waals surface area contributed by atoms with Gasteiger partial charge in [0.1, 0.15) is 0 Å². The first-order valence-corrected chi connectivity index (χ1v) is 4.86. The quantitative estimate of drug-likeness (QED) is 0.666. The zero-order chi connectivity index (χ0) is 9.78. The molecule has 0 fully saturated rings. The summed E-state index contributed by atoms with van der Waals surface area (Å²) in [5.74, 6) is 0. The van der Waals surface area contributed by atoms with Crippen molar-refractivity contribution in [2.45, 2.75) is 65.1 Å². The van der Waals surface area contributed by atoms with E-state index in [-0.39, 0.29) is 11.6 Å². The lowest BCUT2D eigenvalue weighted by molar-refractivity contribution is 0.0885. The van der Waals surface area contributed by atoms with Crippen LogP contribution in [0.15, 0.2) is 0 Å². The second kappa shape index (κ2) is 4.83. The molecular weight excluding hydrogens is 150 g/mol. The predicted octanol–water partition coefficient (Wildman–Crippen LogP) is 1.92. The Morgan fingerprint density at radius 1 is 1.33 bits per heavy atom. The molecule has 0 saturated carbocycles. The van der Waals surface area contributed by atoms with Crippen LogP contribution in [0.1, 0.15) is 47.5 Å². The topological polar surface area (TPSA) is 32.3 Å². The molecule has 0 aliphatic heterocycles. The highest BCUT2D eigenvalue weighted by molar-refractivity contribution is 4.85. The van der Waals surface area contributed by atoms with Crippen molar-refractivity contribution in [2.24, 2.45) is 0 Å². The van der Waals surface area contributed by atoms with Crippen molar-refractivity contribution in [2.75, 3.05) is 0 Å². The van der Waals surface area contributed by atoms with Crippen molar-refractivity contribution >= 4 is 0 Å². The Morgan fingerprint density at radius 3 is 2.17 bits per heavy atom. The van der Waals surface area contributed by atoms with Gasteiger partial charge in [0, 0.05) is 11.6 Å². The highest BCUT2D eigenvalue weighted by Crippen LogP contribution is 2.11. The average Bonchev–Trinajstić information content (AvgIpc) is 1.85. The SMILES string of the molecule is CCCC(C)NC(C)(C)C(C)O. The van der Waals surface area contributed by atoms with Crippen molar-refractivity contribution in [1.82, 2.24) is 5.32 Å². The van der Waals surface area contributed by atoms with Crippen LogP contribution in [-0.4, -0.2) is 22.8 Å². The average molecular weight is 173 g/mol. The second-order valence-corrected chi connectivity index (χ2v) is 4.23. The molecule has 0 saturated heterocycles. The predicted molar refractivity (Wildman–Crippen MR) is 53.3 cm³/mol. The number of hydrogen-bond donors (Lipinski definition) is 2. The summed E-state index contributed by atoms with van der Waals surface area (Å²) >= 11 is 0. The summed E-state index contributed by atoms with van der Waals surface area (Å²) in [5.41, 5.74) is -0.172. The van der Waals surface area contributed by atoms with Crippen molar-refractivity contribution < 1.29 is 5.11 Å². The molecule has 0 aromatic rings. The molecule has 74 valence electrons. The molecule has 2 N–H and O–H groups in total. The molecule has 0 bridgehead atoms. The Bertz CT molecular complexity index is 121. The maximum absolute atomic E-state index is 9.43. The largest absolute Gasteiger partial charge is 0.392 e. The van der Waals surface area contributed by atoms with E-state index in [9.17, 15) is 5.11 Å². The minimum Gasteiger partial charge on any atom is -0.392 e. The number of aliphatic hydroxyl groups is 1.